The van der Waals surface area contributed by atoms with Crippen molar-refractivity contribution in [2.75, 3.05) is 11.9 Å². The maximum atomic E-state index is 12.0. The SMILES string of the molecule is CC(C)c1ccc2c(c1)CC[C@H]1[C@@](C)(CNc3ccc(C=Cc4ccccc4)cc3[N+](=O)[O-])CCC[C@]21C. The molecule has 3 aromatic rings. The highest BCUT2D eigenvalue weighted by Crippen LogP contribution is 2.57. The van der Waals surface area contributed by atoms with E-state index < -0.39 is 0 Å². The van der Waals surface area contributed by atoms with Gasteiger partial charge in [0.25, 0.3) is 5.69 Å². The zero-order valence-corrected chi connectivity index (χ0v) is 23.2. The highest BCUT2D eigenvalue weighted by Gasteiger charge is 2.51. The zero-order valence-electron chi connectivity index (χ0n) is 23.2. The van der Waals surface area contributed by atoms with Gasteiger partial charge in [0, 0.05) is 12.6 Å². The summed E-state index contributed by atoms with van der Waals surface area (Å²) >= 11 is 0. The Morgan fingerprint density at radius 1 is 1.00 bits per heavy atom. The molecule has 38 heavy (non-hydrogen) atoms. The van der Waals surface area contributed by atoms with Gasteiger partial charge in [0.1, 0.15) is 5.69 Å². The summed E-state index contributed by atoms with van der Waals surface area (Å²) < 4.78 is 0. The van der Waals surface area contributed by atoms with Crippen molar-refractivity contribution in [3.63, 3.8) is 0 Å². The standard InChI is InChI=1S/C34H40N2O2/c1-24(2)27-14-16-29-28(22-27)15-18-32-33(3,19-8-20-34(29,32)4)23-35-30-17-13-26(21-31(30)36(37)38)12-11-25-9-6-5-7-10-25/h5-7,9-14,16-17,21-22,24,32,35H,8,15,18-20,23H2,1-4H3/t32-,33+,34+/m0/s1. The smallest absolute Gasteiger partial charge is 0.292 e. The van der Waals surface area contributed by atoms with Crippen molar-refractivity contribution in [2.24, 2.45) is 11.3 Å². The minimum atomic E-state index is -0.265. The van der Waals surface area contributed by atoms with Crippen LogP contribution in [0.3, 0.4) is 0 Å². The van der Waals surface area contributed by atoms with E-state index in [1.807, 2.05) is 54.6 Å². The van der Waals surface area contributed by atoms with Crippen molar-refractivity contribution in [1.29, 1.82) is 0 Å². The van der Waals surface area contributed by atoms with Crippen LogP contribution >= 0.6 is 0 Å². The molecule has 0 aliphatic heterocycles. The van der Waals surface area contributed by atoms with Gasteiger partial charge in [0.2, 0.25) is 0 Å². The number of nitrogens with zero attached hydrogens (tertiary/aromatic N) is 1. The Labute approximate surface area is 227 Å². The van der Waals surface area contributed by atoms with Crippen molar-refractivity contribution in [2.45, 2.75) is 71.1 Å². The van der Waals surface area contributed by atoms with E-state index in [2.05, 4.69) is 51.2 Å². The fourth-order valence-electron chi connectivity index (χ4n) is 7.22. The van der Waals surface area contributed by atoms with Gasteiger partial charge in [0.05, 0.1) is 4.92 Å². The topological polar surface area (TPSA) is 55.2 Å². The summed E-state index contributed by atoms with van der Waals surface area (Å²) in [6.45, 7) is 10.1. The van der Waals surface area contributed by atoms with Crippen LogP contribution in [0, 0.1) is 21.4 Å². The third-order valence-corrected chi connectivity index (χ3v) is 9.34. The van der Waals surface area contributed by atoms with Crippen molar-refractivity contribution >= 4 is 23.5 Å². The molecule has 1 fully saturated rings. The van der Waals surface area contributed by atoms with Crippen LogP contribution in [-0.2, 0) is 11.8 Å². The van der Waals surface area contributed by atoms with Crippen LogP contribution in [-0.4, -0.2) is 11.5 Å². The second-order valence-corrected chi connectivity index (χ2v) is 12.2. The molecule has 0 aromatic heterocycles. The summed E-state index contributed by atoms with van der Waals surface area (Å²) in [4.78, 5) is 11.7. The van der Waals surface area contributed by atoms with E-state index in [9.17, 15) is 10.1 Å². The molecule has 4 nitrogen and oxygen atoms in total. The first-order chi connectivity index (χ1) is 18.2. The maximum Gasteiger partial charge on any atom is 0.292 e. The fraction of sp³-hybridized carbons (Fsp3) is 0.412. The van der Waals surface area contributed by atoms with Crippen LogP contribution in [0.1, 0.15) is 87.1 Å². The van der Waals surface area contributed by atoms with Crippen LogP contribution in [0.25, 0.3) is 12.2 Å². The van der Waals surface area contributed by atoms with Gasteiger partial charge in [-0.25, -0.2) is 0 Å². The third kappa shape index (κ3) is 5.01. The summed E-state index contributed by atoms with van der Waals surface area (Å²) in [5.74, 6) is 1.09. The Bertz CT molecular complexity index is 1350. The lowest BCUT2D eigenvalue weighted by Gasteiger charge is -2.55. The number of anilines is 1. The lowest BCUT2D eigenvalue weighted by molar-refractivity contribution is -0.384. The molecule has 3 aromatic carbocycles. The van der Waals surface area contributed by atoms with Crippen LogP contribution in [0.2, 0.25) is 0 Å². The van der Waals surface area contributed by atoms with Crippen molar-refractivity contribution in [3.8, 4) is 0 Å². The molecule has 3 atom stereocenters. The summed E-state index contributed by atoms with van der Waals surface area (Å²) in [6, 6.07) is 22.7. The van der Waals surface area contributed by atoms with Crippen molar-refractivity contribution in [3.05, 3.63) is 105 Å². The van der Waals surface area contributed by atoms with Crippen LogP contribution in [0.4, 0.5) is 11.4 Å². The number of nitro groups is 1. The minimum Gasteiger partial charge on any atom is -0.379 e. The second-order valence-electron chi connectivity index (χ2n) is 12.2. The highest BCUT2D eigenvalue weighted by atomic mass is 16.6. The van der Waals surface area contributed by atoms with Gasteiger partial charge < -0.3 is 5.32 Å². The lowest BCUT2D eigenvalue weighted by atomic mass is 9.49. The molecule has 0 unspecified atom stereocenters. The van der Waals surface area contributed by atoms with E-state index in [-0.39, 0.29) is 21.4 Å². The molecule has 4 heteroatoms. The lowest BCUT2D eigenvalue weighted by Crippen LogP contribution is -2.51. The van der Waals surface area contributed by atoms with Crippen molar-refractivity contribution < 1.29 is 4.92 Å². The van der Waals surface area contributed by atoms with Gasteiger partial charge in [0.15, 0.2) is 0 Å². The van der Waals surface area contributed by atoms with E-state index in [1.165, 1.54) is 36.0 Å². The second kappa shape index (κ2) is 10.4. The normalized spacial score (nSPS) is 24.7. The predicted molar refractivity (Wildman–Crippen MR) is 159 cm³/mol. The molecule has 0 bridgehead atoms. The molecule has 0 saturated heterocycles. The first-order valence-corrected chi connectivity index (χ1v) is 14.1. The van der Waals surface area contributed by atoms with Crippen LogP contribution in [0.5, 0.6) is 0 Å². The van der Waals surface area contributed by atoms with Gasteiger partial charge in [-0.3, -0.25) is 10.1 Å². The largest absolute Gasteiger partial charge is 0.379 e. The number of aryl methyl sites for hydroxylation is 1. The fourth-order valence-corrected chi connectivity index (χ4v) is 7.22. The first-order valence-electron chi connectivity index (χ1n) is 14.1. The maximum absolute atomic E-state index is 12.0. The third-order valence-electron chi connectivity index (χ3n) is 9.34. The molecule has 198 valence electrons. The first kappa shape index (κ1) is 26.2. The van der Waals surface area contributed by atoms with E-state index in [4.69, 9.17) is 0 Å². The molecule has 0 spiro atoms. The van der Waals surface area contributed by atoms with Crippen molar-refractivity contribution in [1.82, 2.24) is 0 Å². The average Bonchev–Trinajstić information content (AvgIpc) is 2.91. The summed E-state index contributed by atoms with van der Waals surface area (Å²) in [6.07, 6.45) is 9.76. The van der Waals surface area contributed by atoms with Gasteiger partial charge in [-0.05, 0) is 82.2 Å². The summed E-state index contributed by atoms with van der Waals surface area (Å²) in [5, 5.41) is 15.6. The Morgan fingerprint density at radius 2 is 1.76 bits per heavy atom. The number of benzene rings is 3. The molecule has 5 rings (SSSR count). The van der Waals surface area contributed by atoms with Gasteiger partial charge in [-0.15, -0.1) is 0 Å². The number of nitrogens with one attached hydrogen (secondary N) is 1. The molecular formula is C34H40N2O2. The molecule has 2 aliphatic rings. The van der Waals surface area contributed by atoms with Crippen LogP contribution < -0.4 is 5.32 Å². The van der Waals surface area contributed by atoms with Crippen LogP contribution in [0.15, 0.2) is 66.7 Å². The number of hydrogen-bond acceptors (Lipinski definition) is 3. The number of nitro benzene ring substituents is 1. The molecule has 1 N–H and O–H groups in total. The molecule has 2 aliphatic carbocycles. The van der Waals surface area contributed by atoms with E-state index in [1.54, 1.807) is 6.07 Å². The summed E-state index contributed by atoms with van der Waals surface area (Å²) in [7, 11) is 0. The van der Waals surface area contributed by atoms with E-state index in [0.717, 1.165) is 30.5 Å². The minimum absolute atomic E-state index is 0.0706. The van der Waals surface area contributed by atoms with E-state index in [0.29, 0.717) is 17.5 Å². The molecule has 1 saturated carbocycles. The summed E-state index contributed by atoms with van der Waals surface area (Å²) in [5.41, 5.74) is 7.35. The van der Waals surface area contributed by atoms with Gasteiger partial charge >= 0.3 is 0 Å². The zero-order chi connectivity index (χ0) is 26.9. The highest BCUT2D eigenvalue weighted by molar-refractivity contribution is 5.74. The monoisotopic (exact) mass is 508 g/mol. The Hall–Kier alpha value is -3.40. The molecule has 0 amide bonds. The molecule has 0 heterocycles. The van der Waals surface area contributed by atoms with Gasteiger partial charge in [-0.2, -0.15) is 0 Å². The Kier molecular flexibility index (Phi) is 7.17. The number of rotatable bonds is 7. The number of fused-ring (bicyclic) bond motifs is 3. The molecular weight excluding hydrogens is 468 g/mol. The quantitative estimate of drug-likeness (QED) is 0.197. The van der Waals surface area contributed by atoms with Gasteiger partial charge in [-0.1, -0.05) is 101 Å². The van der Waals surface area contributed by atoms with E-state index >= 15 is 0 Å². The average molecular weight is 509 g/mol. The molecule has 0 radical (unpaired) electrons. The Morgan fingerprint density at radius 3 is 2.50 bits per heavy atom. The number of hydrogen-bond donors (Lipinski definition) is 1. The Balaban J connectivity index is 1.37. The predicted octanol–water partition coefficient (Wildman–Crippen LogP) is 9.01.